The summed E-state index contributed by atoms with van der Waals surface area (Å²) < 4.78 is 37.9. The van der Waals surface area contributed by atoms with E-state index in [9.17, 15) is 27.6 Å². The van der Waals surface area contributed by atoms with Gasteiger partial charge in [-0.15, -0.1) is 0 Å². The van der Waals surface area contributed by atoms with E-state index >= 15 is 0 Å². The van der Waals surface area contributed by atoms with Crippen LogP contribution in [0, 0.1) is 11.3 Å². The number of benzene rings is 1. The summed E-state index contributed by atoms with van der Waals surface area (Å²) in [6, 6.07) is 3.45. The van der Waals surface area contributed by atoms with Crippen LogP contribution in [0.4, 0.5) is 23.7 Å². The van der Waals surface area contributed by atoms with Crippen molar-refractivity contribution in [2.45, 2.75) is 52.1 Å². The van der Waals surface area contributed by atoms with Crippen LogP contribution in [-0.2, 0) is 15.8 Å². The number of anilines is 1. The second kappa shape index (κ2) is 11.4. The number of halogens is 3. The van der Waals surface area contributed by atoms with Crippen LogP contribution >= 0.6 is 0 Å². The Bertz CT molecular complexity index is 822. The molecular formula is C22H31F3N4O4. The van der Waals surface area contributed by atoms with E-state index in [4.69, 9.17) is 5.21 Å². The Labute approximate surface area is 190 Å². The van der Waals surface area contributed by atoms with Crippen molar-refractivity contribution in [3.05, 3.63) is 29.8 Å². The first-order valence-electron chi connectivity index (χ1n) is 10.8. The SMILES string of the molecule is CC(C)(CNC(=O)Nc1ccc(C(F)(F)F)cc1)CC(=O)N(CC(=O)NO)CC1CCCC1. The molecule has 1 aromatic rings. The van der Waals surface area contributed by atoms with Crippen molar-refractivity contribution in [1.82, 2.24) is 15.7 Å². The normalized spacial score (nSPS) is 14.6. The zero-order chi connectivity index (χ0) is 24.6. The highest BCUT2D eigenvalue weighted by molar-refractivity contribution is 5.89. The van der Waals surface area contributed by atoms with E-state index < -0.39 is 29.1 Å². The van der Waals surface area contributed by atoms with E-state index in [0.29, 0.717) is 12.5 Å². The smallest absolute Gasteiger partial charge is 0.337 e. The van der Waals surface area contributed by atoms with E-state index in [0.717, 1.165) is 49.9 Å². The van der Waals surface area contributed by atoms with E-state index in [1.165, 1.54) is 4.90 Å². The Morgan fingerprint density at radius 1 is 1.09 bits per heavy atom. The second-order valence-electron chi connectivity index (χ2n) is 9.18. The molecule has 11 heteroatoms. The third-order valence-corrected chi connectivity index (χ3v) is 5.59. The number of alkyl halides is 3. The lowest BCUT2D eigenvalue weighted by Gasteiger charge is -2.30. The molecule has 0 heterocycles. The molecule has 0 spiro atoms. The first-order chi connectivity index (χ1) is 15.4. The molecule has 0 saturated heterocycles. The lowest BCUT2D eigenvalue weighted by atomic mass is 9.88. The van der Waals surface area contributed by atoms with Crippen molar-refractivity contribution in [1.29, 1.82) is 0 Å². The number of hydrogen-bond donors (Lipinski definition) is 4. The van der Waals surface area contributed by atoms with Gasteiger partial charge in [-0.25, -0.2) is 10.3 Å². The van der Waals surface area contributed by atoms with Gasteiger partial charge in [-0.2, -0.15) is 13.2 Å². The summed E-state index contributed by atoms with van der Waals surface area (Å²) in [6.07, 6.45) is -0.260. The molecule has 0 radical (unpaired) electrons. The maximum Gasteiger partial charge on any atom is 0.416 e. The largest absolute Gasteiger partial charge is 0.416 e. The number of amides is 4. The van der Waals surface area contributed by atoms with Gasteiger partial charge in [0.2, 0.25) is 5.91 Å². The number of nitrogens with zero attached hydrogens (tertiary/aromatic N) is 1. The highest BCUT2D eigenvalue weighted by Gasteiger charge is 2.31. The minimum Gasteiger partial charge on any atom is -0.337 e. The standard InChI is InChI=1S/C22H31F3N4O4/c1-21(2,11-19(31)29(13-18(30)28-33)12-15-5-3-4-6-15)14-26-20(32)27-17-9-7-16(8-10-17)22(23,24)25/h7-10,15,33H,3-6,11-14H2,1-2H3,(H,28,30)(H2,26,27,32). The number of nitrogens with one attached hydrogen (secondary N) is 3. The van der Waals surface area contributed by atoms with Crippen LogP contribution in [0.5, 0.6) is 0 Å². The number of carbonyl (C=O) groups is 3. The van der Waals surface area contributed by atoms with Gasteiger partial charge in [-0.1, -0.05) is 26.7 Å². The Kier molecular flexibility index (Phi) is 9.09. The van der Waals surface area contributed by atoms with Gasteiger partial charge >= 0.3 is 12.2 Å². The van der Waals surface area contributed by atoms with Crippen molar-refractivity contribution < 1.29 is 32.8 Å². The van der Waals surface area contributed by atoms with Crippen LogP contribution in [0.25, 0.3) is 0 Å². The lowest BCUT2D eigenvalue weighted by Crippen LogP contribution is -2.45. The van der Waals surface area contributed by atoms with Crippen LogP contribution in [0.3, 0.4) is 0 Å². The van der Waals surface area contributed by atoms with Crippen LogP contribution in [-0.4, -0.2) is 47.6 Å². The van der Waals surface area contributed by atoms with Crippen molar-refractivity contribution >= 4 is 23.5 Å². The third-order valence-electron chi connectivity index (χ3n) is 5.59. The molecule has 4 N–H and O–H groups in total. The first-order valence-corrected chi connectivity index (χ1v) is 10.8. The molecule has 1 aromatic carbocycles. The molecule has 1 aliphatic rings. The molecule has 0 atom stereocenters. The Hall–Kier alpha value is -2.82. The molecule has 0 unspecified atom stereocenters. The Morgan fingerprint density at radius 2 is 1.70 bits per heavy atom. The molecule has 1 fully saturated rings. The number of hydroxylamine groups is 1. The fraction of sp³-hybridized carbons (Fsp3) is 0.591. The van der Waals surface area contributed by atoms with E-state index in [1.54, 1.807) is 19.3 Å². The van der Waals surface area contributed by atoms with Crippen LogP contribution < -0.4 is 16.1 Å². The van der Waals surface area contributed by atoms with Crippen molar-refractivity contribution in [3.8, 4) is 0 Å². The van der Waals surface area contributed by atoms with Gasteiger partial charge in [0, 0.05) is 25.2 Å². The Balaban J connectivity index is 1.88. The fourth-order valence-electron chi connectivity index (χ4n) is 3.79. The average Bonchev–Trinajstić information content (AvgIpc) is 3.24. The zero-order valence-corrected chi connectivity index (χ0v) is 18.8. The van der Waals surface area contributed by atoms with Crippen LogP contribution in [0.15, 0.2) is 24.3 Å². The Morgan fingerprint density at radius 3 is 2.24 bits per heavy atom. The number of urea groups is 1. The lowest BCUT2D eigenvalue weighted by molar-refractivity contribution is -0.141. The molecule has 0 bridgehead atoms. The predicted molar refractivity (Wildman–Crippen MR) is 115 cm³/mol. The average molecular weight is 473 g/mol. The van der Waals surface area contributed by atoms with E-state index in [1.807, 2.05) is 0 Å². The quantitative estimate of drug-likeness (QED) is 0.324. The fourth-order valence-corrected chi connectivity index (χ4v) is 3.79. The molecule has 1 saturated carbocycles. The topological polar surface area (TPSA) is 111 Å². The molecule has 4 amide bonds. The summed E-state index contributed by atoms with van der Waals surface area (Å²) in [5.74, 6) is -0.621. The molecule has 0 aromatic heterocycles. The summed E-state index contributed by atoms with van der Waals surface area (Å²) in [4.78, 5) is 38.1. The number of hydrogen-bond acceptors (Lipinski definition) is 4. The van der Waals surface area contributed by atoms with Gasteiger partial charge in [0.25, 0.3) is 5.91 Å². The van der Waals surface area contributed by atoms with Gasteiger partial charge in [0.1, 0.15) is 6.54 Å². The summed E-state index contributed by atoms with van der Waals surface area (Å²) in [5.41, 5.74) is 0.284. The molecule has 0 aliphatic heterocycles. The van der Waals surface area contributed by atoms with E-state index in [-0.39, 0.29) is 31.1 Å². The van der Waals surface area contributed by atoms with E-state index in [2.05, 4.69) is 10.6 Å². The number of carbonyl (C=O) groups excluding carboxylic acids is 3. The molecule has 33 heavy (non-hydrogen) atoms. The van der Waals surface area contributed by atoms with Crippen molar-refractivity contribution in [2.75, 3.05) is 25.0 Å². The van der Waals surface area contributed by atoms with Gasteiger partial charge < -0.3 is 15.5 Å². The highest BCUT2D eigenvalue weighted by atomic mass is 19.4. The predicted octanol–water partition coefficient (Wildman–Crippen LogP) is 3.77. The molecule has 184 valence electrons. The van der Waals surface area contributed by atoms with Crippen LogP contribution in [0.2, 0.25) is 0 Å². The maximum absolute atomic E-state index is 12.9. The summed E-state index contributed by atoms with van der Waals surface area (Å²) in [5, 5.41) is 13.9. The van der Waals surface area contributed by atoms with Gasteiger partial charge in [-0.3, -0.25) is 14.8 Å². The molecule has 8 nitrogen and oxygen atoms in total. The maximum atomic E-state index is 12.9. The number of rotatable bonds is 9. The molecular weight excluding hydrogens is 441 g/mol. The summed E-state index contributed by atoms with van der Waals surface area (Å²) >= 11 is 0. The minimum atomic E-state index is -4.46. The first kappa shape index (κ1) is 26.4. The molecule has 1 aliphatic carbocycles. The summed E-state index contributed by atoms with van der Waals surface area (Å²) in [6.45, 7) is 3.87. The highest BCUT2D eigenvalue weighted by Crippen LogP contribution is 2.30. The van der Waals surface area contributed by atoms with Crippen LogP contribution in [0.1, 0.15) is 51.5 Å². The molecule has 2 rings (SSSR count). The monoisotopic (exact) mass is 472 g/mol. The van der Waals surface area contributed by atoms with Gasteiger partial charge in [-0.05, 0) is 48.4 Å². The minimum absolute atomic E-state index is 0.0546. The summed E-state index contributed by atoms with van der Waals surface area (Å²) in [7, 11) is 0. The third kappa shape index (κ3) is 8.91. The van der Waals surface area contributed by atoms with Gasteiger partial charge in [0.05, 0.1) is 5.56 Å². The zero-order valence-electron chi connectivity index (χ0n) is 18.8. The van der Waals surface area contributed by atoms with Gasteiger partial charge in [0.15, 0.2) is 0 Å². The second-order valence-corrected chi connectivity index (χ2v) is 9.18. The van der Waals surface area contributed by atoms with Crippen molar-refractivity contribution in [3.63, 3.8) is 0 Å². The van der Waals surface area contributed by atoms with Crippen molar-refractivity contribution in [2.24, 2.45) is 11.3 Å².